The summed E-state index contributed by atoms with van der Waals surface area (Å²) >= 11 is 1.62. The minimum atomic E-state index is -0.0796. The number of aromatic nitrogens is 1. The number of pyridine rings is 1. The molecule has 2 N–H and O–H groups in total. The zero-order chi connectivity index (χ0) is 15.8. The topological polar surface area (TPSA) is 71.1 Å². The van der Waals surface area contributed by atoms with Gasteiger partial charge in [-0.15, -0.1) is 11.3 Å². The highest BCUT2D eigenvalue weighted by Gasteiger charge is 2.06. The molecule has 0 bridgehead atoms. The van der Waals surface area contributed by atoms with E-state index in [9.17, 15) is 9.59 Å². The van der Waals surface area contributed by atoms with Gasteiger partial charge in [0.15, 0.2) is 0 Å². The Morgan fingerprint density at radius 3 is 2.55 bits per heavy atom. The second-order valence-corrected chi connectivity index (χ2v) is 6.29. The van der Waals surface area contributed by atoms with Gasteiger partial charge in [0.05, 0.1) is 6.42 Å². The summed E-state index contributed by atoms with van der Waals surface area (Å²) in [5, 5.41) is 5.58. The second kappa shape index (κ2) is 8.29. The summed E-state index contributed by atoms with van der Waals surface area (Å²) in [6, 6.07) is 7.66. The third-order valence-electron chi connectivity index (χ3n) is 3.04. The molecule has 0 aliphatic carbocycles. The molecule has 2 amide bonds. The van der Waals surface area contributed by atoms with Crippen LogP contribution in [0.4, 0.5) is 0 Å². The van der Waals surface area contributed by atoms with Gasteiger partial charge in [0.25, 0.3) is 0 Å². The monoisotopic (exact) mass is 317 g/mol. The maximum atomic E-state index is 11.7. The summed E-state index contributed by atoms with van der Waals surface area (Å²) in [4.78, 5) is 29.6. The average Bonchev–Trinajstić information content (AvgIpc) is 2.91. The molecule has 0 aliphatic rings. The van der Waals surface area contributed by atoms with Crippen molar-refractivity contribution in [2.24, 2.45) is 0 Å². The maximum Gasteiger partial charge on any atom is 0.225 e. The van der Waals surface area contributed by atoms with E-state index in [-0.39, 0.29) is 18.2 Å². The van der Waals surface area contributed by atoms with Crippen molar-refractivity contribution < 1.29 is 9.59 Å². The van der Waals surface area contributed by atoms with Gasteiger partial charge in [-0.05, 0) is 36.8 Å². The molecular weight excluding hydrogens is 298 g/mol. The quantitative estimate of drug-likeness (QED) is 0.818. The molecule has 22 heavy (non-hydrogen) atoms. The summed E-state index contributed by atoms with van der Waals surface area (Å²) in [5.41, 5.74) is 1.00. The van der Waals surface area contributed by atoms with Crippen LogP contribution in [-0.2, 0) is 22.6 Å². The van der Waals surface area contributed by atoms with Crippen LogP contribution in [0.5, 0.6) is 0 Å². The fourth-order valence-corrected chi connectivity index (χ4v) is 2.79. The van der Waals surface area contributed by atoms with Crippen LogP contribution in [0.15, 0.2) is 36.7 Å². The SMILES string of the molecule is Cc1ccc(CC(=O)NCCC(=O)NCc2ccncc2)s1. The van der Waals surface area contributed by atoms with Gasteiger partial charge >= 0.3 is 0 Å². The molecule has 0 saturated carbocycles. The Hall–Kier alpha value is -2.21. The smallest absolute Gasteiger partial charge is 0.225 e. The summed E-state index contributed by atoms with van der Waals surface area (Å²) in [5.74, 6) is -0.132. The Labute approximate surface area is 133 Å². The maximum absolute atomic E-state index is 11.7. The molecule has 0 atom stereocenters. The lowest BCUT2D eigenvalue weighted by Gasteiger charge is -2.06. The van der Waals surface area contributed by atoms with Crippen LogP contribution in [-0.4, -0.2) is 23.3 Å². The highest BCUT2D eigenvalue weighted by atomic mass is 32.1. The van der Waals surface area contributed by atoms with Crippen molar-refractivity contribution in [2.45, 2.75) is 26.3 Å². The molecule has 2 aromatic rings. The van der Waals surface area contributed by atoms with Crippen molar-refractivity contribution in [3.63, 3.8) is 0 Å². The Bertz CT molecular complexity index is 625. The van der Waals surface area contributed by atoms with E-state index in [1.165, 1.54) is 4.88 Å². The molecule has 2 rings (SSSR count). The predicted octanol–water partition coefficient (Wildman–Crippen LogP) is 1.82. The van der Waals surface area contributed by atoms with E-state index in [0.29, 0.717) is 19.5 Å². The number of carbonyl (C=O) groups is 2. The molecule has 0 spiro atoms. The van der Waals surface area contributed by atoms with Crippen LogP contribution in [0.25, 0.3) is 0 Å². The van der Waals surface area contributed by atoms with Crippen molar-refractivity contribution in [1.82, 2.24) is 15.6 Å². The molecule has 0 aromatic carbocycles. The van der Waals surface area contributed by atoms with E-state index in [1.807, 2.05) is 31.2 Å². The lowest BCUT2D eigenvalue weighted by molar-refractivity contribution is -0.122. The molecule has 6 heteroatoms. The lowest BCUT2D eigenvalue weighted by atomic mass is 10.2. The first-order valence-corrected chi connectivity index (χ1v) is 7.93. The fraction of sp³-hybridized carbons (Fsp3) is 0.312. The number of hydrogen-bond donors (Lipinski definition) is 2. The first-order valence-electron chi connectivity index (χ1n) is 7.11. The average molecular weight is 317 g/mol. The zero-order valence-electron chi connectivity index (χ0n) is 12.5. The van der Waals surface area contributed by atoms with Crippen molar-refractivity contribution >= 4 is 23.2 Å². The number of thiophene rings is 1. The number of amides is 2. The van der Waals surface area contributed by atoms with Gasteiger partial charge in [-0.3, -0.25) is 14.6 Å². The van der Waals surface area contributed by atoms with Crippen molar-refractivity contribution in [2.75, 3.05) is 6.54 Å². The zero-order valence-corrected chi connectivity index (χ0v) is 13.3. The molecule has 0 unspecified atom stereocenters. The molecule has 2 heterocycles. The largest absolute Gasteiger partial charge is 0.355 e. The Balaban J connectivity index is 1.61. The molecule has 0 fully saturated rings. The highest BCUT2D eigenvalue weighted by Crippen LogP contribution is 2.15. The fourth-order valence-electron chi connectivity index (χ4n) is 1.91. The lowest BCUT2D eigenvalue weighted by Crippen LogP contribution is -2.31. The van der Waals surface area contributed by atoms with Crippen LogP contribution in [0.1, 0.15) is 21.7 Å². The van der Waals surface area contributed by atoms with Crippen LogP contribution < -0.4 is 10.6 Å². The van der Waals surface area contributed by atoms with Crippen LogP contribution in [0.3, 0.4) is 0 Å². The molecule has 5 nitrogen and oxygen atoms in total. The van der Waals surface area contributed by atoms with E-state index in [2.05, 4.69) is 15.6 Å². The first-order chi connectivity index (χ1) is 10.6. The van der Waals surface area contributed by atoms with Crippen molar-refractivity contribution in [1.29, 1.82) is 0 Å². The summed E-state index contributed by atoms with van der Waals surface area (Å²) in [6.07, 6.45) is 4.03. The predicted molar refractivity (Wildman–Crippen MR) is 86.5 cm³/mol. The normalized spacial score (nSPS) is 10.2. The molecule has 116 valence electrons. The van der Waals surface area contributed by atoms with E-state index in [1.54, 1.807) is 23.7 Å². The van der Waals surface area contributed by atoms with Gasteiger partial charge in [-0.2, -0.15) is 0 Å². The minimum absolute atomic E-state index is 0.0521. The highest BCUT2D eigenvalue weighted by molar-refractivity contribution is 7.12. The van der Waals surface area contributed by atoms with Crippen LogP contribution in [0.2, 0.25) is 0 Å². The molecule has 2 aromatic heterocycles. The number of nitrogens with zero attached hydrogens (tertiary/aromatic N) is 1. The van der Waals surface area contributed by atoms with E-state index in [4.69, 9.17) is 0 Å². The van der Waals surface area contributed by atoms with Crippen molar-refractivity contribution in [3.05, 3.63) is 52.0 Å². The number of carbonyl (C=O) groups excluding carboxylic acids is 2. The summed E-state index contributed by atoms with van der Waals surface area (Å²) < 4.78 is 0. The molecule has 0 saturated heterocycles. The van der Waals surface area contributed by atoms with E-state index in [0.717, 1.165) is 10.4 Å². The second-order valence-electron chi connectivity index (χ2n) is 4.92. The van der Waals surface area contributed by atoms with Gasteiger partial charge in [0.2, 0.25) is 11.8 Å². The van der Waals surface area contributed by atoms with Gasteiger partial charge in [-0.1, -0.05) is 0 Å². The molecular formula is C16H19N3O2S. The van der Waals surface area contributed by atoms with Gasteiger partial charge in [-0.25, -0.2) is 0 Å². The molecule has 0 aliphatic heterocycles. The molecule has 0 radical (unpaired) electrons. The van der Waals surface area contributed by atoms with Gasteiger partial charge in [0, 0.05) is 41.7 Å². The number of hydrogen-bond acceptors (Lipinski definition) is 4. The third-order valence-corrected chi connectivity index (χ3v) is 4.04. The standard InChI is InChI=1S/C16H19N3O2S/c1-12-2-3-14(22-12)10-16(21)18-9-6-15(20)19-11-13-4-7-17-8-5-13/h2-5,7-8H,6,9-11H2,1H3,(H,18,21)(H,19,20). The number of rotatable bonds is 7. The Kier molecular flexibility index (Phi) is 6.09. The third kappa shape index (κ3) is 5.65. The summed E-state index contributed by atoms with van der Waals surface area (Å²) in [6.45, 7) is 2.84. The van der Waals surface area contributed by atoms with Crippen molar-refractivity contribution in [3.8, 4) is 0 Å². The van der Waals surface area contributed by atoms with Gasteiger partial charge < -0.3 is 10.6 Å². The van der Waals surface area contributed by atoms with E-state index < -0.39 is 0 Å². The summed E-state index contributed by atoms with van der Waals surface area (Å²) in [7, 11) is 0. The first kappa shape index (κ1) is 16.2. The minimum Gasteiger partial charge on any atom is -0.355 e. The van der Waals surface area contributed by atoms with Crippen LogP contribution in [0, 0.1) is 6.92 Å². The number of nitrogens with one attached hydrogen (secondary N) is 2. The van der Waals surface area contributed by atoms with Crippen LogP contribution >= 0.6 is 11.3 Å². The van der Waals surface area contributed by atoms with Gasteiger partial charge in [0.1, 0.15) is 0 Å². The van der Waals surface area contributed by atoms with E-state index >= 15 is 0 Å². The Morgan fingerprint density at radius 2 is 1.86 bits per heavy atom. The number of aryl methyl sites for hydroxylation is 1. The Morgan fingerprint density at radius 1 is 1.09 bits per heavy atom.